The van der Waals surface area contributed by atoms with Gasteiger partial charge in [-0.05, 0) is 43.3 Å². The molecule has 1 aromatic heterocycles. The zero-order chi connectivity index (χ0) is 19.1. The van der Waals surface area contributed by atoms with Gasteiger partial charge in [0, 0.05) is 18.7 Å². The number of hydrogen-bond acceptors (Lipinski definition) is 3. The van der Waals surface area contributed by atoms with Gasteiger partial charge in [0.05, 0.1) is 16.8 Å². The largest absolute Gasteiger partial charge is 0.393 e. The van der Waals surface area contributed by atoms with Crippen LogP contribution in [0.15, 0.2) is 23.0 Å². The molecular weight excluding hydrogens is 367 g/mol. The van der Waals surface area contributed by atoms with Gasteiger partial charge in [-0.3, -0.25) is 14.2 Å². The molecule has 1 aromatic carbocycles. The summed E-state index contributed by atoms with van der Waals surface area (Å²) >= 11 is 5.05. The number of aromatic nitrogens is 2. The summed E-state index contributed by atoms with van der Waals surface area (Å²) in [6, 6.07) is 3.41. The average molecular weight is 385 g/mol. The standard InChI is InChI=1S/C17H18F3N3O2S/c1-23-15(25)10-7-6-9(8-13(10)22-16(23)26)14(24)21-12-5-3-2-4-11(12)17(18,19)20/h6-8,11-12H,2-5H2,1H3,(H,21,24)(H,22,26). The Bertz CT molecular complexity index is 964. The van der Waals surface area contributed by atoms with Gasteiger partial charge in [0.15, 0.2) is 4.77 Å². The third-order valence-electron chi connectivity index (χ3n) is 4.87. The summed E-state index contributed by atoms with van der Waals surface area (Å²) in [5.41, 5.74) is 0.254. The molecule has 2 aromatic rings. The van der Waals surface area contributed by atoms with Gasteiger partial charge >= 0.3 is 6.18 Å². The maximum absolute atomic E-state index is 13.2. The summed E-state index contributed by atoms with van der Waals surface area (Å²) in [6.07, 6.45) is -2.86. The van der Waals surface area contributed by atoms with Crippen molar-refractivity contribution in [3.8, 4) is 0 Å². The maximum atomic E-state index is 13.2. The lowest BCUT2D eigenvalue weighted by Gasteiger charge is -2.33. The van der Waals surface area contributed by atoms with Crippen molar-refractivity contribution in [2.45, 2.75) is 37.9 Å². The van der Waals surface area contributed by atoms with E-state index in [1.165, 1.54) is 29.8 Å². The summed E-state index contributed by atoms with van der Waals surface area (Å²) in [5, 5.41) is 2.87. The van der Waals surface area contributed by atoms with E-state index in [2.05, 4.69) is 10.3 Å². The highest BCUT2D eigenvalue weighted by atomic mass is 32.1. The fraction of sp³-hybridized carbons (Fsp3) is 0.471. The van der Waals surface area contributed by atoms with Crippen LogP contribution in [-0.2, 0) is 7.05 Å². The van der Waals surface area contributed by atoms with E-state index in [1.54, 1.807) is 0 Å². The molecule has 5 nitrogen and oxygen atoms in total. The topological polar surface area (TPSA) is 66.9 Å². The number of nitrogens with one attached hydrogen (secondary N) is 2. The molecule has 9 heteroatoms. The van der Waals surface area contributed by atoms with Gasteiger partial charge in [0.2, 0.25) is 0 Å². The smallest absolute Gasteiger partial charge is 0.349 e. The molecule has 140 valence electrons. The van der Waals surface area contributed by atoms with Crippen molar-refractivity contribution in [1.29, 1.82) is 0 Å². The zero-order valence-corrected chi connectivity index (χ0v) is 14.8. The molecule has 3 rings (SSSR count). The number of nitrogens with zero attached hydrogens (tertiary/aromatic N) is 1. The summed E-state index contributed by atoms with van der Waals surface area (Å²) in [4.78, 5) is 27.5. The molecule has 0 radical (unpaired) electrons. The van der Waals surface area contributed by atoms with E-state index in [4.69, 9.17) is 12.2 Å². The first kappa shape index (κ1) is 18.6. The molecule has 0 spiro atoms. The van der Waals surface area contributed by atoms with Crippen molar-refractivity contribution < 1.29 is 18.0 Å². The van der Waals surface area contributed by atoms with Crippen molar-refractivity contribution >= 4 is 29.0 Å². The zero-order valence-electron chi connectivity index (χ0n) is 14.0. The molecule has 0 aliphatic heterocycles. The molecule has 1 amide bonds. The number of amides is 1. The number of benzene rings is 1. The summed E-state index contributed by atoms with van der Waals surface area (Å²) in [6.45, 7) is 0. The molecule has 1 saturated carbocycles. The van der Waals surface area contributed by atoms with Gasteiger partial charge in [-0.2, -0.15) is 13.2 Å². The number of H-pyrrole nitrogens is 1. The minimum Gasteiger partial charge on any atom is -0.349 e. The predicted octanol–water partition coefficient (Wildman–Crippen LogP) is 3.45. The molecule has 2 atom stereocenters. The fourth-order valence-electron chi connectivity index (χ4n) is 3.39. The van der Waals surface area contributed by atoms with Crippen molar-refractivity contribution in [2.75, 3.05) is 0 Å². The monoisotopic (exact) mass is 385 g/mol. The first-order valence-electron chi connectivity index (χ1n) is 8.29. The lowest BCUT2D eigenvalue weighted by atomic mass is 9.84. The molecule has 1 aliphatic carbocycles. The number of aromatic amines is 1. The normalized spacial score (nSPS) is 20.9. The van der Waals surface area contributed by atoms with E-state index >= 15 is 0 Å². The minimum absolute atomic E-state index is 0.0231. The van der Waals surface area contributed by atoms with Crippen LogP contribution < -0.4 is 10.9 Å². The van der Waals surface area contributed by atoms with Crippen molar-refractivity contribution in [1.82, 2.24) is 14.9 Å². The van der Waals surface area contributed by atoms with Crippen LogP contribution in [0, 0.1) is 10.7 Å². The van der Waals surface area contributed by atoms with E-state index < -0.39 is 24.0 Å². The number of rotatable bonds is 2. The number of fused-ring (bicyclic) bond motifs is 1. The third kappa shape index (κ3) is 3.53. The van der Waals surface area contributed by atoms with Crippen LogP contribution in [0.5, 0.6) is 0 Å². The molecule has 0 saturated heterocycles. The molecule has 1 heterocycles. The number of hydrogen-bond donors (Lipinski definition) is 2. The molecule has 1 fully saturated rings. The van der Waals surface area contributed by atoms with Crippen LogP contribution in [0.3, 0.4) is 0 Å². The predicted molar refractivity (Wildman–Crippen MR) is 93.6 cm³/mol. The van der Waals surface area contributed by atoms with Crippen LogP contribution in [0.2, 0.25) is 0 Å². The average Bonchev–Trinajstić information content (AvgIpc) is 2.59. The van der Waals surface area contributed by atoms with E-state index in [0.717, 1.165) is 0 Å². The molecule has 2 N–H and O–H groups in total. The molecular formula is C17H18F3N3O2S. The first-order chi connectivity index (χ1) is 12.2. The Kier molecular flexibility index (Phi) is 4.92. The Morgan fingerprint density at radius 1 is 1.31 bits per heavy atom. The molecule has 26 heavy (non-hydrogen) atoms. The number of alkyl halides is 3. The highest BCUT2D eigenvalue weighted by Gasteiger charge is 2.46. The quantitative estimate of drug-likeness (QED) is 0.779. The Morgan fingerprint density at radius 2 is 2.00 bits per heavy atom. The second-order valence-electron chi connectivity index (χ2n) is 6.57. The molecule has 1 aliphatic rings. The summed E-state index contributed by atoms with van der Waals surface area (Å²) < 4.78 is 41.0. The van der Waals surface area contributed by atoms with Gasteiger partial charge < -0.3 is 10.3 Å². The number of halogens is 3. The highest BCUT2D eigenvalue weighted by Crippen LogP contribution is 2.37. The second-order valence-corrected chi connectivity index (χ2v) is 6.95. The fourth-order valence-corrected chi connectivity index (χ4v) is 3.59. The summed E-state index contributed by atoms with van der Waals surface area (Å²) in [5.74, 6) is -2.12. The lowest BCUT2D eigenvalue weighted by molar-refractivity contribution is -0.187. The van der Waals surface area contributed by atoms with E-state index in [1.807, 2.05) is 0 Å². The Balaban J connectivity index is 1.89. The second kappa shape index (κ2) is 6.86. The third-order valence-corrected chi connectivity index (χ3v) is 5.24. The van der Waals surface area contributed by atoms with E-state index in [-0.39, 0.29) is 22.3 Å². The number of carbonyl (C=O) groups excluding carboxylic acids is 1. The van der Waals surface area contributed by atoms with Crippen molar-refractivity contribution in [3.63, 3.8) is 0 Å². The number of carbonyl (C=O) groups is 1. The van der Waals surface area contributed by atoms with E-state index in [9.17, 15) is 22.8 Å². The van der Waals surface area contributed by atoms with Crippen LogP contribution in [0.1, 0.15) is 36.0 Å². The van der Waals surface area contributed by atoms with Crippen molar-refractivity contribution in [2.24, 2.45) is 13.0 Å². The SMILES string of the molecule is Cn1c(=S)[nH]c2cc(C(=O)NC3CCCCC3C(F)(F)F)ccc2c1=O. The van der Waals surface area contributed by atoms with Gasteiger partial charge in [-0.25, -0.2) is 0 Å². The molecule has 0 bridgehead atoms. The Hall–Kier alpha value is -2.16. The maximum Gasteiger partial charge on any atom is 0.393 e. The van der Waals surface area contributed by atoms with Crippen LogP contribution >= 0.6 is 12.2 Å². The summed E-state index contributed by atoms with van der Waals surface area (Å²) in [7, 11) is 1.53. The van der Waals surface area contributed by atoms with Gasteiger partial charge in [-0.15, -0.1) is 0 Å². The highest BCUT2D eigenvalue weighted by molar-refractivity contribution is 7.71. The van der Waals surface area contributed by atoms with E-state index in [0.29, 0.717) is 30.2 Å². The van der Waals surface area contributed by atoms with Crippen LogP contribution in [0.4, 0.5) is 13.2 Å². The van der Waals surface area contributed by atoms with Gasteiger partial charge in [0.25, 0.3) is 11.5 Å². The Morgan fingerprint density at radius 3 is 2.69 bits per heavy atom. The first-order valence-corrected chi connectivity index (χ1v) is 8.70. The Labute approximate surface area is 152 Å². The minimum atomic E-state index is -4.33. The van der Waals surface area contributed by atoms with Crippen LogP contribution in [-0.4, -0.2) is 27.7 Å². The van der Waals surface area contributed by atoms with Crippen molar-refractivity contribution in [3.05, 3.63) is 38.9 Å². The van der Waals surface area contributed by atoms with Crippen LogP contribution in [0.25, 0.3) is 10.9 Å². The van der Waals surface area contributed by atoms with Gasteiger partial charge in [0.1, 0.15) is 0 Å². The van der Waals surface area contributed by atoms with Gasteiger partial charge in [-0.1, -0.05) is 12.8 Å². The molecule has 2 unspecified atom stereocenters. The lowest BCUT2D eigenvalue weighted by Crippen LogP contribution is -2.47.